The highest BCUT2D eigenvalue weighted by Gasteiger charge is 2.20. The highest BCUT2D eigenvalue weighted by atomic mass is 16.5. The molecule has 2 heterocycles. The molecule has 6 heteroatoms. The van der Waals surface area contributed by atoms with Crippen molar-refractivity contribution >= 4 is 18.0 Å². The van der Waals surface area contributed by atoms with Gasteiger partial charge in [0.05, 0.1) is 19.3 Å². The van der Waals surface area contributed by atoms with Crippen LogP contribution in [0, 0.1) is 0 Å². The third kappa shape index (κ3) is 3.04. The topological polar surface area (TPSA) is 75.5 Å². The highest BCUT2D eigenvalue weighted by Crippen LogP contribution is 2.14. The summed E-state index contributed by atoms with van der Waals surface area (Å²) >= 11 is 0. The van der Waals surface area contributed by atoms with Crippen molar-refractivity contribution in [2.75, 3.05) is 24.7 Å². The van der Waals surface area contributed by atoms with Gasteiger partial charge in [-0.1, -0.05) is 0 Å². The van der Waals surface area contributed by atoms with Crippen molar-refractivity contribution in [1.29, 1.82) is 0 Å². The van der Waals surface area contributed by atoms with Crippen molar-refractivity contribution in [3.8, 4) is 0 Å². The summed E-state index contributed by atoms with van der Waals surface area (Å²) in [6.45, 7) is 4.17. The average Bonchev–Trinajstić information content (AvgIpc) is 2.38. The average molecular weight is 249 g/mol. The van der Waals surface area contributed by atoms with Gasteiger partial charge in [0, 0.05) is 30.6 Å². The minimum absolute atomic E-state index is 0.249. The number of hydrogen-bond donors (Lipinski definition) is 1. The van der Waals surface area contributed by atoms with Crippen LogP contribution in [-0.4, -0.2) is 46.8 Å². The summed E-state index contributed by atoms with van der Waals surface area (Å²) in [5.41, 5.74) is 0.669. The maximum Gasteiger partial charge on any atom is 0.328 e. The first-order valence-electron chi connectivity index (χ1n) is 5.74. The summed E-state index contributed by atoms with van der Waals surface area (Å²) < 4.78 is 5.35. The zero-order chi connectivity index (χ0) is 13.0. The van der Waals surface area contributed by atoms with E-state index in [1.807, 2.05) is 0 Å². The first-order valence-corrected chi connectivity index (χ1v) is 5.74. The summed E-state index contributed by atoms with van der Waals surface area (Å²) in [7, 11) is 0. The minimum atomic E-state index is -0.985. The third-order valence-corrected chi connectivity index (χ3v) is 2.70. The monoisotopic (exact) mass is 249 g/mol. The molecule has 18 heavy (non-hydrogen) atoms. The molecule has 1 fully saturated rings. The lowest BCUT2D eigenvalue weighted by atomic mass is 10.2. The Hall–Kier alpha value is -1.95. The zero-order valence-electron chi connectivity index (χ0n) is 10.1. The Balaban J connectivity index is 2.09. The normalized spacial score (nSPS) is 20.3. The molecular formula is C12H15N3O3. The Labute approximate surface area is 105 Å². The quantitative estimate of drug-likeness (QED) is 0.798. The molecule has 1 aromatic heterocycles. The molecule has 0 aromatic carbocycles. The van der Waals surface area contributed by atoms with Gasteiger partial charge in [-0.25, -0.2) is 14.8 Å². The van der Waals surface area contributed by atoms with Crippen molar-refractivity contribution in [2.24, 2.45) is 0 Å². The molecule has 6 nitrogen and oxygen atoms in total. The fraction of sp³-hybridized carbons (Fsp3) is 0.417. The summed E-state index contributed by atoms with van der Waals surface area (Å²) in [6.07, 6.45) is 5.76. The van der Waals surface area contributed by atoms with E-state index in [4.69, 9.17) is 9.84 Å². The number of morpholine rings is 1. The van der Waals surface area contributed by atoms with Gasteiger partial charge in [0.15, 0.2) is 0 Å². The molecule has 0 aliphatic carbocycles. The van der Waals surface area contributed by atoms with E-state index in [1.54, 1.807) is 12.4 Å². The maximum absolute atomic E-state index is 10.4. The van der Waals surface area contributed by atoms with Crippen molar-refractivity contribution in [2.45, 2.75) is 13.0 Å². The number of ether oxygens (including phenoxy) is 1. The number of nitrogens with zero attached hydrogens (tertiary/aromatic N) is 3. The molecule has 1 atom stereocenters. The van der Waals surface area contributed by atoms with E-state index >= 15 is 0 Å². The molecule has 0 saturated carbocycles. The van der Waals surface area contributed by atoms with Gasteiger partial charge in [-0.05, 0) is 13.0 Å². The lowest BCUT2D eigenvalue weighted by Gasteiger charge is -2.33. The molecule has 1 N–H and O–H groups in total. The largest absolute Gasteiger partial charge is 0.478 e. The van der Waals surface area contributed by atoms with E-state index in [2.05, 4.69) is 21.8 Å². The van der Waals surface area contributed by atoms with Gasteiger partial charge < -0.3 is 14.7 Å². The molecule has 2 rings (SSSR count). The van der Waals surface area contributed by atoms with E-state index < -0.39 is 5.97 Å². The van der Waals surface area contributed by atoms with Crippen LogP contribution in [0.15, 0.2) is 18.5 Å². The van der Waals surface area contributed by atoms with Crippen molar-refractivity contribution in [3.63, 3.8) is 0 Å². The molecule has 0 spiro atoms. The third-order valence-electron chi connectivity index (χ3n) is 2.70. The van der Waals surface area contributed by atoms with Gasteiger partial charge in [-0.15, -0.1) is 0 Å². The van der Waals surface area contributed by atoms with E-state index in [1.165, 1.54) is 6.08 Å². The first-order chi connectivity index (χ1) is 8.66. The smallest absolute Gasteiger partial charge is 0.328 e. The van der Waals surface area contributed by atoms with Crippen molar-refractivity contribution in [3.05, 3.63) is 24.0 Å². The SMILES string of the molecule is CC1COCCN1c1ncc(/C=C/C(=O)O)cn1. The van der Waals surface area contributed by atoms with Crippen LogP contribution in [0.3, 0.4) is 0 Å². The molecule has 0 radical (unpaired) electrons. The van der Waals surface area contributed by atoms with Crippen LogP contribution >= 0.6 is 0 Å². The number of hydrogen-bond acceptors (Lipinski definition) is 5. The van der Waals surface area contributed by atoms with Crippen molar-refractivity contribution < 1.29 is 14.6 Å². The number of carbonyl (C=O) groups is 1. The Morgan fingerprint density at radius 2 is 2.28 bits per heavy atom. The fourth-order valence-electron chi connectivity index (χ4n) is 1.76. The van der Waals surface area contributed by atoms with E-state index in [9.17, 15) is 4.79 Å². The minimum Gasteiger partial charge on any atom is -0.478 e. The highest BCUT2D eigenvalue weighted by molar-refractivity contribution is 5.85. The number of carboxylic acids is 1. The lowest BCUT2D eigenvalue weighted by Crippen LogP contribution is -2.44. The van der Waals surface area contributed by atoms with E-state index in [-0.39, 0.29) is 6.04 Å². The Morgan fingerprint density at radius 1 is 1.56 bits per heavy atom. The van der Waals surface area contributed by atoms with Crippen LogP contribution in [0.1, 0.15) is 12.5 Å². The van der Waals surface area contributed by atoms with Gasteiger partial charge in [-0.3, -0.25) is 0 Å². The number of carboxylic acid groups (broad SMARTS) is 1. The Morgan fingerprint density at radius 3 is 2.89 bits per heavy atom. The molecule has 1 saturated heterocycles. The van der Waals surface area contributed by atoms with Crippen LogP contribution in [0.2, 0.25) is 0 Å². The molecule has 96 valence electrons. The molecule has 1 aromatic rings. The van der Waals surface area contributed by atoms with Gasteiger partial charge in [-0.2, -0.15) is 0 Å². The molecule has 1 unspecified atom stereocenters. The van der Waals surface area contributed by atoms with Gasteiger partial charge in [0.2, 0.25) is 5.95 Å². The number of anilines is 1. The summed E-state index contributed by atoms with van der Waals surface area (Å²) in [5, 5.41) is 8.52. The molecule has 0 amide bonds. The number of aliphatic carboxylic acids is 1. The van der Waals surface area contributed by atoms with Crippen LogP contribution in [-0.2, 0) is 9.53 Å². The molecular weight excluding hydrogens is 234 g/mol. The predicted octanol–water partition coefficient (Wildman–Crippen LogP) is 0.800. The van der Waals surface area contributed by atoms with Crippen LogP contribution in [0.25, 0.3) is 6.08 Å². The second-order valence-corrected chi connectivity index (χ2v) is 4.11. The number of rotatable bonds is 3. The second kappa shape index (κ2) is 5.59. The summed E-state index contributed by atoms with van der Waals surface area (Å²) in [5.74, 6) is -0.334. The van der Waals surface area contributed by atoms with Gasteiger partial charge in [0.1, 0.15) is 0 Å². The molecule has 1 aliphatic rings. The summed E-state index contributed by atoms with van der Waals surface area (Å²) in [6, 6.07) is 0.249. The fourth-order valence-corrected chi connectivity index (χ4v) is 1.76. The zero-order valence-corrected chi connectivity index (χ0v) is 10.1. The van der Waals surface area contributed by atoms with Crippen LogP contribution < -0.4 is 4.90 Å². The standard InChI is InChI=1S/C12H15N3O3/c1-9-8-18-5-4-15(9)12-13-6-10(7-14-12)2-3-11(16)17/h2-3,6-7,9H,4-5,8H2,1H3,(H,16,17)/b3-2+. The first kappa shape index (κ1) is 12.5. The lowest BCUT2D eigenvalue weighted by molar-refractivity contribution is -0.131. The summed E-state index contributed by atoms with van der Waals surface area (Å²) in [4.78, 5) is 20.9. The van der Waals surface area contributed by atoms with E-state index in [0.29, 0.717) is 24.7 Å². The van der Waals surface area contributed by atoms with Gasteiger partial charge >= 0.3 is 5.97 Å². The van der Waals surface area contributed by atoms with Crippen LogP contribution in [0.5, 0.6) is 0 Å². The van der Waals surface area contributed by atoms with Gasteiger partial charge in [0.25, 0.3) is 0 Å². The second-order valence-electron chi connectivity index (χ2n) is 4.11. The Bertz CT molecular complexity index is 444. The Kier molecular flexibility index (Phi) is 3.88. The van der Waals surface area contributed by atoms with E-state index in [0.717, 1.165) is 12.6 Å². The maximum atomic E-state index is 10.4. The molecule has 0 bridgehead atoms. The predicted molar refractivity (Wildman–Crippen MR) is 66.3 cm³/mol. The van der Waals surface area contributed by atoms with Crippen LogP contribution in [0.4, 0.5) is 5.95 Å². The van der Waals surface area contributed by atoms with Crippen molar-refractivity contribution in [1.82, 2.24) is 9.97 Å². The molecule has 1 aliphatic heterocycles. The number of aromatic nitrogens is 2.